The summed E-state index contributed by atoms with van der Waals surface area (Å²) in [6.45, 7) is 3.21. The Labute approximate surface area is 112 Å². The van der Waals surface area contributed by atoms with E-state index < -0.39 is 0 Å². The lowest BCUT2D eigenvalue weighted by atomic mass is 10.2. The van der Waals surface area contributed by atoms with E-state index in [-0.39, 0.29) is 0 Å². The fourth-order valence-corrected chi connectivity index (χ4v) is 1.65. The molecular formula is C15H15N3O. The van der Waals surface area contributed by atoms with E-state index in [4.69, 9.17) is 10.00 Å². The van der Waals surface area contributed by atoms with Crippen LogP contribution in [0.4, 0.5) is 5.82 Å². The van der Waals surface area contributed by atoms with Gasteiger partial charge in [-0.2, -0.15) is 5.26 Å². The first-order chi connectivity index (χ1) is 9.28. The van der Waals surface area contributed by atoms with Gasteiger partial charge in [-0.15, -0.1) is 0 Å². The first-order valence-electron chi connectivity index (χ1n) is 6.08. The van der Waals surface area contributed by atoms with Gasteiger partial charge in [0.2, 0.25) is 0 Å². The van der Waals surface area contributed by atoms with Gasteiger partial charge in [0.1, 0.15) is 29.9 Å². The van der Waals surface area contributed by atoms with Crippen LogP contribution in [0.2, 0.25) is 0 Å². The molecule has 0 unspecified atom stereocenters. The molecule has 0 amide bonds. The van der Waals surface area contributed by atoms with Gasteiger partial charge < -0.3 is 10.1 Å². The number of aromatic nitrogens is 1. The number of hydrogen-bond donors (Lipinski definition) is 1. The summed E-state index contributed by atoms with van der Waals surface area (Å²) in [7, 11) is 0. The van der Waals surface area contributed by atoms with Crippen LogP contribution in [0.3, 0.4) is 0 Å². The minimum Gasteiger partial charge on any atom is -0.492 e. The Balaban J connectivity index is 1.79. The van der Waals surface area contributed by atoms with E-state index in [2.05, 4.69) is 10.3 Å². The summed E-state index contributed by atoms with van der Waals surface area (Å²) in [5.74, 6) is 1.55. The van der Waals surface area contributed by atoms with Crippen LogP contribution < -0.4 is 10.1 Å². The van der Waals surface area contributed by atoms with Crippen LogP contribution in [0.1, 0.15) is 11.3 Å². The van der Waals surface area contributed by atoms with Crippen molar-refractivity contribution < 1.29 is 4.74 Å². The number of hydrogen-bond acceptors (Lipinski definition) is 4. The van der Waals surface area contributed by atoms with E-state index in [0.29, 0.717) is 24.7 Å². The molecule has 0 radical (unpaired) electrons. The number of ether oxygens (including phenoxy) is 1. The van der Waals surface area contributed by atoms with Gasteiger partial charge in [-0.3, -0.25) is 0 Å². The average molecular weight is 253 g/mol. The predicted octanol–water partition coefficient (Wildman–Crippen LogP) is 2.75. The van der Waals surface area contributed by atoms with Gasteiger partial charge in [-0.05, 0) is 36.8 Å². The number of benzene rings is 1. The van der Waals surface area contributed by atoms with Gasteiger partial charge in [0.15, 0.2) is 0 Å². The second kappa shape index (κ2) is 6.41. The van der Waals surface area contributed by atoms with Crippen molar-refractivity contribution in [3.63, 3.8) is 0 Å². The highest BCUT2D eigenvalue weighted by molar-refractivity contribution is 5.38. The lowest BCUT2D eigenvalue weighted by Gasteiger charge is -2.08. The average Bonchev–Trinajstić information content (AvgIpc) is 2.44. The van der Waals surface area contributed by atoms with Gasteiger partial charge in [0, 0.05) is 0 Å². The summed E-state index contributed by atoms with van der Waals surface area (Å²) in [5, 5.41) is 11.9. The molecule has 0 saturated carbocycles. The summed E-state index contributed by atoms with van der Waals surface area (Å²) in [4.78, 5) is 4.12. The van der Waals surface area contributed by atoms with Crippen molar-refractivity contribution in [1.29, 1.82) is 5.26 Å². The van der Waals surface area contributed by atoms with Gasteiger partial charge in [0.05, 0.1) is 6.54 Å². The Morgan fingerprint density at radius 1 is 1.26 bits per heavy atom. The number of nitriles is 1. The zero-order valence-electron chi connectivity index (χ0n) is 10.8. The van der Waals surface area contributed by atoms with Crippen molar-refractivity contribution in [3.05, 3.63) is 53.7 Å². The van der Waals surface area contributed by atoms with Crippen LogP contribution in [0.15, 0.2) is 42.5 Å². The van der Waals surface area contributed by atoms with Crippen LogP contribution in [0.25, 0.3) is 0 Å². The third-order valence-corrected chi connectivity index (χ3v) is 2.53. The number of rotatable bonds is 5. The maximum atomic E-state index is 8.74. The largest absolute Gasteiger partial charge is 0.492 e. The normalized spacial score (nSPS) is 9.68. The molecule has 2 rings (SSSR count). The van der Waals surface area contributed by atoms with Crippen molar-refractivity contribution in [3.8, 4) is 11.8 Å². The van der Waals surface area contributed by atoms with Crippen LogP contribution in [-0.2, 0) is 0 Å². The van der Waals surface area contributed by atoms with E-state index in [0.717, 1.165) is 5.75 Å². The third-order valence-electron chi connectivity index (χ3n) is 2.53. The minimum atomic E-state index is 0.407. The van der Waals surface area contributed by atoms with Crippen LogP contribution >= 0.6 is 0 Å². The van der Waals surface area contributed by atoms with Gasteiger partial charge in [0.25, 0.3) is 0 Å². The molecule has 0 spiro atoms. The van der Waals surface area contributed by atoms with Crippen molar-refractivity contribution in [1.82, 2.24) is 4.98 Å². The monoisotopic (exact) mass is 253 g/mol. The van der Waals surface area contributed by atoms with Gasteiger partial charge >= 0.3 is 0 Å². The molecule has 0 aliphatic heterocycles. The topological polar surface area (TPSA) is 57.9 Å². The molecule has 1 N–H and O–H groups in total. The van der Waals surface area contributed by atoms with Crippen LogP contribution in [0.5, 0.6) is 5.75 Å². The fourth-order valence-electron chi connectivity index (χ4n) is 1.65. The first-order valence-corrected chi connectivity index (χ1v) is 6.08. The molecule has 2 aromatic rings. The highest BCUT2D eigenvalue weighted by atomic mass is 16.5. The highest BCUT2D eigenvalue weighted by Crippen LogP contribution is 2.12. The Morgan fingerprint density at radius 2 is 2.11 bits per heavy atom. The Kier molecular flexibility index (Phi) is 4.35. The summed E-state index contributed by atoms with van der Waals surface area (Å²) < 4.78 is 5.61. The SMILES string of the molecule is Cc1cccc(OCCNc2cccc(C#N)n2)c1. The zero-order valence-corrected chi connectivity index (χ0v) is 10.8. The first kappa shape index (κ1) is 12.9. The molecule has 0 aliphatic rings. The molecule has 4 nitrogen and oxygen atoms in total. The number of nitrogens with zero attached hydrogens (tertiary/aromatic N) is 2. The standard InChI is InChI=1S/C15H15N3O/c1-12-4-2-6-14(10-12)19-9-8-17-15-7-3-5-13(11-16)18-15/h2-7,10H,8-9H2,1H3,(H,17,18). The summed E-state index contributed by atoms with van der Waals surface area (Å²) in [5.41, 5.74) is 1.58. The third kappa shape index (κ3) is 4.00. The Bertz CT molecular complexity index is 590. The molecule has 1 aromatic heterocycles. The van der Waals surface area contributed by atoms with Crippen molar-refractivity contribution in [2.75, 3.05) is 18.5 Å². The molecule has 0 fully saturated rings. The summed E-state index contributed by atoms with van der Waals surface area (Å²) >= 11 is 0. The van der Waals surface area contributed by atoms with Crippen molar-refractivity contribution in [2.45, 2.75) is 6.92 Å². The second-order valence-corrected chi connectivity index (χ2v) is 4.11. The van der Waals surface area contributed by atoms with E-state index in [1.165, 1.54) is 5.56 Å². The van der Waals surface area contributed by atoms with Gasteiger partial charge in [-0.1, -0.05) is 18.2 Å². The number of aryl methyl sites for hydroxylation is 1. The molecule has 96 valence electrons. The number of pyridine rings is 1. The maximum absolute atomic E-state index is 8.74. The maximum Gasteiger partial charge on any atom is 0.142 e. The molecule has 1 aromatic carbocycles. The molecule has 1 heterocycles. The molecule has 19 heavy (non-hydrogen) atoms. The second-order valence-electron chi connectivity index (χ2n) is 4.11. The predicted molar refractivity (Wildman–Crippen MR) is 74.1 cm³/mol. The van der Waals surface area contributed by atoms with Crippen LogP contribution in [-0.4, -0.2) is 18.1 Å². The summed E-state index contributed by atoms with van der Waals surface area (Å²) in [6, 6.07) is 15.2. The molecule has 0 bridgehead atoms. The quantitative estimate of drug-likeness (QED) is 0.832. The van der Waals surface area contributed by atoms with Crippen molar-refractivity contribution in [2.24, 2.45) is 0 Å². The van der Waals surface area contributed by atoms with Gasteiger partial charge in [-0.25, -0.2) is 4.98 Å². The fraction of sp³-hybridized carbons (Fsp3) is 0.200. The van der Waals surface area contributed by atoms with Crippen LogP contribution in [0, 0.1) is 18.3 Å². The minimum absolute atomic E-state index is 0.407. The Hall–Kier alpha value is -2.54. The lowest BCUT2D eigenvalue weighted by Crippen LogP contribution is -2.12. The molecule has 4 heteroatoms. The molecule has 0 aliphatic carbocycles. The highest BCUT2D eigenvalue weighted by Gasteiger charge is 1.97. The zero-order chi connectivity index (χ0) is 13.5. The molecular weight excluding hydrogens is 238 g/mol. The van der Waals surface area contributed by atoms with E-state index >= 15 is 0 Å². The number of nitrogens with one attached hydrogen (secondary N) is 1. The number of anilines is 1. The molecule has 0 atom stereocenters. The van der Waals surface area contributed by atoms with Crippen molar-refractivity contribution >= 4 is 5.82 Å². The van der Waals surface area contributed by atoms with E-state index in [1.807, 2.05) is 43.3 Å². The lowest BCUT2D eigenvalue weighted by molar-refractivity contribution is 0.332. The smallest absolute Gasteiger partial charge is 0.142 e. The Morgan fingerprint density at radius 3 is 2.89 bits per heavy atom. The van der Waals surface area contributed by atoms with E-state index in [1.54, 1.807) is 12.1 Å². The molecule has 0 saturated heterocycles. The summed E-state index contributed by atoms with van der Waals surface area (Å²) in [6.07, 6.45) is 0. The van der Waals surface area contributed by atoms with E-state index in [9.17, 15) is 0 Å².